The first-order valence-electron chi connectivity index (χ1n) is 12.6. The highest BCUT2D eigenvalue weighted by atomic mass is 16.7. The van der Waals surface area contributed by atoms with Crippen LogP contribution in [0.2, 0.25) is 0 Å². The molecule has 0 bridgehead atoms. The highest BCUT2D eigenvalue weighted by Crippen LogP contribution is 2.51. The molecule has 228 valence electrons. The van der Waals surface area contributed by atoms with Gasteiger partial charge in [-0.1, -0.05) is 0 Å². The van der Waals surface area contributed by atoms with Crippen molar-refractivity contribution in [2.45, 2.75) is 55.3 Å². The smallest absolute Gasteiger partial charge is 0.229 e. The van der Waals surface area contributed by atoms with Crippen molar-refractivity contribution in [1.29, 1.82) is 0 Å². The number of aliphatic hydroxyl groups is 7. The van der Waals surface area contributed by atoms with Crippen LogP contribution in [0.4, 0.5) is 0 Å². The second-order valence-corrected chi connectivity index (χ2v) is 9.76. The molecule has 9 unspecified atom stereocenters. The molecule has 16 heteroatoms. The Hall–Kier alpha value is -3.71. The van der Waals surface area contributed by atoms with Crippen LogP contribution in [0.15, 0.2) is 39.5 Å². The van der Waals surface area contributed by atoms with Gasteiger partial charge < -0.3 is 74.4 Å². The Morgan fingerprint density at radius 3 is 2.10 bits per heavy atom. The van der Waals surface area contributed by atoms with Gasteiger partial charge in [-0.15, -0.1) is 0 Å². The molecule has 0 amide bonds. The van der Waals surface area contributed by atoms with Gasteiger partial charge in [-0.3, -0.25) is 4.79 Å². The Bertz CT molecular complexity index is 1490. The Morgan fingerprint density at radius 2 is 1.43 bits per heavy atom. The average Bonchev–Trinajstić information content (AvgIpc) is 2.97. The van der Waals surface area contributed by atoms with Gasteiger partial charge in [-0.05, 0) is 24.3 Å². The first kappa shape index (κ1) is 29.8. The van der Waals surface area contributed by atoms with Crippen LogP contribution < -0.4 is 14.9 Å². The minimum atomic E-state index is -1.98. The minimum Gasteiger partial charge on any atom is -0.508 e. The van der Waals surface area contributed by atoms with E-state index in [0.29, 0.717) is 0 Å². The predicted octanol–water partition coefficient (Wildman–Crippen LogP) is -2.43. The highest BCUT2D eigenvalue weighted by Gasteiger charge is 2.46. The first-order chi connectivity index (χ1) is 19.9. The van der Waals surface area contributed by atoms with E-state index < -0.39 is 108 Å². The molecule has 2 aromatic carbocycles. The van der Waals surface area contributed by atoms with E-state index in [0.717, 1.165) is 6.07 Å². The molecule has 0 aliphatic carbocycles. The second kappa shape index (κ2) is 11.5. The molecule has 10 N–H and O–H groups in total. The van der Waals surface area contributed by atoms with Crippen molar-refractivity contribution < 1.29 is 74.4 Å². The lowest BCUT2D eigenvalue weighted by molar-refractivity contribution is -0.277. The maximum atomic E-state index is 13.3. The fourth-order valence-corrected chi connectivity index (χ4v) is 4.58. The van der Waals surface area contributed by atoms with Gasteiger partial charge in [-0.2, -0.15) is 0 Å². The number of aromatic hydroxyl groups is 3. The number of ether oxygens (including phenoxy) is 4. The molecule has 2 aliphatic rings. The van der Waals surface area contributed by atoms with Crippen molar-refractivity contribution in [3.05, 3.63) is 40.6 Å². The minimum absolute atomic E-state index is 0.0830. The van der Waals surface area contributed by atoms with Crippen LogP contribution in [-0.2, 0) is 9.47 Å². The fourth-order valence-electron chi connectivity index (χ4n) is 4.58. The lowest BCUT2D eigenvalue weighted by Gasteiger charge is -2.39. The molecule has 9 atom stereocenters. The monoisotopic (exact) mass is 596 g/mol. The number of aliphatic hydroxyl groups excluding tert-OH is 7. The van der Waals surface area contributed by atoms with Crippen LogP contribution in [0, 0.1) is 0 Å². The molecular formula is C26H28O16. The molecule has 0 radical (unpaired) electrons. The van der Waals surface area contributed by atoms with Gasteiger partial charge >= 0.3 is 0 Å². The molecule has 5 rings (SSSR count). The predicted molar refractivity (Wildman–Crippen MR) is 136 cm³/mol. The number of benzene rings is 2. The fraction of sp³-hybridized carbons (Fsp3) is 0.423. The number of hydrogen-bond donors (Lipinski definition) is 10. The standard InChI is InChI=1S/C26H28O16/c27-6-13-16(32)18(34)20(36)26(40-13)41-23-17(33)14-10(29)5-12(8-1-3-9(28)4-2-8)39-22(14)24(21(23)37)42-25-19(35)15(31)11(30)7-38-25/h1-5,11,13,15-16,18-20,25-28,30-37H,6-7H2. The third kappa shape index (κ3) is 5.19. The Kier molecular flexibility index (Phi) is 8.17. The summed E-state index contributed by atoms with van der Waals surface area (Å²) in [6.45, 7) is -1.32. The van der Waals surface area contributed by atoms with Gasteiger partial charge in [0.15, 0.2) is 16.8 Å². The number of hydrogen-bond acceptors (Lipinski definition) is 16. The number of phenols is 3. The van der Waals surface area contributed by atoms with E-state index in [1.54, 1.807) is 0 Å². The summed E-state index contributed by atoms with van der Waals surface area (Å²) in [5, 5.41) is 102. The van der Waals surface area contributed by atoms with Gasteiger partial charge in [0.05, 0.1) is 13.2 Å². The molecule has 2 fully saturated rings. The Balaban J connectivity index is 1.66. The van der Waals surface area contributed by atoms with Crippen molar-refractivity contribution in [1.82, 2.24) is 0 Å². The van der Waals surface area contributed by atoms with Gasteiger partial charge in [-0.25, -0.2) is 0 Å². The normalized spacial score (nSPS) is 31.6. The highest BCUT2D eigenvalue weighted by molar-refractivity contribution is 5.95. The van der Waals surface area contributed by atoms with Crippen molar-refractivity contribution in [3.63, 3.8) is 0 Å². The Morgan fingerprint density at radius 1 is 0.786 bits per heavy atom. The molecule has 16 nitrogen and oxygen atoms in total. The van der Waals surface area contributed by atoms with Crippen molar-refractivity contribution in [3.8, 4) is 40.1 Å². The molecule has 2 aliphatic heterocycles. The maximum absolute atomic E-state index is 13.3. The summed E-state index contributed by atoms with van der Waals surface area (Å²) in [4.78, 5) is 13.3. The van der Waals surface area contributed by atoms with Crippen molar-refractivity contribution in [2.24, 2.45) is 0 Å². The van der Waals surface area contributed by atoms with Crippen molar-refractivity contribution >= 4 is 11.0 Å². The summed E-state index contributed by atoms with van der Waals surface area (Å²) in [5.41, 5.74) is -1.20. The van der Waals surface area contributed by atoms with Crippen LogP contribution in [0.25, 0.3) is 22.3 Å². The van der Waals surface area contributed by atoms with E-state index in [2.05, 4.69) is 0 Å². The van der Waals surface area contributed by atoms with Crippen LogP contribution >= 0.6 is 0 Å². The van der Waals surface area contributed by atoms with E-state index in [4.69, 9.17) is 23.4 Å². The zero-order valence-corrected chi connectivity index (χ0v) is 21.4. The summed E-state index contributed by atoms with van der Waals surface area (Å²) in [7, 11) is 0. The second-order valence-electron chi connectivity index (χ2n) is 9.76. The lowest BCUT2D eigenvalue weighted by atomic mass is 9.99. The number of fused-ring (bicyclic) bond motifs is 1. The third-order valence-electron chi connectivity index (χ3n) is 6.96. The molecule has 0 spiro atoms. The topological polar surface area (TPSA) is 269 Å². The van der Waals surface area contributed by atoms with E-state index in [9.17, 15) is 55.9 Å². The molecule has 3 heterocycles. The van der Waals surface area contributed by atoms with Crippen LogP contribution in [0.3, 0.4) is 0 Å². The summed E-state index contributed by atoms with van der Waals surface area (Å²) in [6.07, 6.45) is -15.8. The van der Waals surface area contributed by atoms with E-state index in [1.807, 2.05) is 0 Å². The summed E-state index contributed by atoms with van der Waals surface area (Å²) < 4.78 is 27.3. The summed E-state index contributed by atoms with van der Waals surface area (Å²) in [6, 6.07) is 6.40. The molecule has 2 saturated heterocycles. The zero-order valence-electron chi connectivity index (χ0n) is 21.4. The quantitative estimate of drug-likeness (QED) is 0.142. The van der Waals surface area contributed by atoms with Gasteiger partial charge in [0.25, 0.3) is 0 Å². The SMILES string of the molecule is O=c1cc(-c2ccc(O)cc2)oc2c(OC3OCC(O)C(O)C3O)c(O)c(OC3OC(CO)C(O)C(O)C3O)c(O)c12. The van der Waals surface area contributed by atoms with Crippen molar-refractivity contribution in [2.75, 3.05) is 13.2 Å². The van der Waals surface area contributed by atoms with E-state index in [-0.39, 0.29) is 17.1 Å². The summed E-state index contributed by atoms with van der Waals surface area (Å²) >= 11 is 0. The number of phenolic OH excluding ortho intramolecular Hbond substituents is 3. The lowest BCUT2D eigenvalue weighted by Crippen LogP contribution is -2.60. The Labute approximate surface area is 235 Å². The van der Waals surface area contributed by atoms with Crippen LogP contribution in [0.5, 0.6) is 28.7 Å². The summed E-state index contributed by atoms with van der Waals surface area (Å²) in [5.74, 6) is -4.00. The largest absolute Gasteiger partial charge is 0.508 e. The zero-order chi connectivity index (χ0) is 30.5. The first-order valence-corrected chi connectivity index (χ1v) is 12.6. The average molecular weight is 596 g/mol. The van der Waals surface area contributed by atoms with Gasteiger partial charge in [0.2, 0.25) is 29.8 Å². The molecule has 1 aromatic heterocycles. The number of rotatable bonds is 6. The van der Waals surface area contributed by atoms with Crippen LogP contribution in [-0.4, -0.2) is 120 Å². The van der Waals surface area contributed by atoms with Gasteiger partial charge in [0, 0.05) is 11.6 Å². The molecular weight excluding hydrogens is 568 g/mol. The third-order valence-corrected chi connectivity index (χ3v) is 6.96. The van der Waals surface area contributed by atoms with Gasteiger partial charge in [0.1, 0.15) is 59.6 Å². The van der Waals surface area contributed by atoms with E-state index in [1.165, 1.54) is 24.3 Å². The molecule has 0 saturated carbocycles. The molecule has 42 heavy (non-hydrogen) atoms. The van der Waals surface area contributed by atoms with Crippen LogP contribution in [0.1, 0.15) is 0 Å². The van der Waals surface area contributed by atoms with E-state index >= 15 is 0 Å². The maximum Gasteiger partial charge on any atom is 0.229 e. The molecule has 3 aromatic rings.